The van der Waals surface area contributed by atoms with E-state index in [1.54, 1.807) is 35.8 Å². The van der Waals surface area contributed by atoms with Crippen molar-refractivity contribution in [2.24, 2.45) is 0 Å². The molecule has 0 radical (unpaired) electrons. The van der Waals surface area contributed by atoms with Gasteiger partial charge in [-0.3, -0.25) is 4.79 Å². The Labute approximate surface area is 161 Å². The first-order valence-corrected chi connectivity index (χ1v) is 8.92. The minimum absolute atomic E-state index is 0.183. The quantitative estimate of drug-likeness (QED) is 0.562. The number of hydrogen-bond donors (Lipinski definition) is 3. The number of rotatable bonds is 6. The predicted molar refractivity (Wildman–Crippen MR) is 104 cm³/mol. The van der Waals surface area contributed by atoms with Crippen LogP contribution in [0.2, 0.25) is 0 Å². The van der Waals surface area contributed by atoms with Gasteiger partial charge >= 0.3 is 5.97 Å². The molecule has 1 aliphatic rings. The van der Waals surface area contributed by atoms with Crippen molar-refractivity contribution in [1.82, 2.24) is 19.9 Å². The first-order chi connectivity index (χ1) is 13.6. The Bertz CT molecular complexity index is 1060. The van der Waals surface area contributed by atoms with Crippen molar-refractivity contribution in [3.8, 4) is 0 Å². The lowest BCUT2D eigenvalue weighted by Crippen LogP contribution is -2.25. The Hall–Kier alpha value is -3.62. The van der Waals surface area contributed by atoms with Gasteiger partial charge in [-0.1, -0.05) is 6.07 Å². The summed E-state index contributed by atoms with van der Waals surface area (Å²) in [4.78, 5) is 28.8. The molecule has 0 aliphatic heterocycles. The average molecular weight is 380 g/mol. The van der Waals surface area contributed by atoms with E-state index in [1.807, 2.05) is 6.07 Å². The molecule has 2 heterocycles. The number of aromatic nitrogens is 3. The van der Waals surface area contributed by atoms with Crippen molar-refractivity contribution in [1.29, 1.82) is 0 Å². The van der Waals surface area contributed by atoms with Crippen LogP contribution in [0.1, 0.15) is 33.6 Å². The van der Waals surface area contributed by atoms with Crippen LogP contribution in [0.4, 0.5) is 17.3 Å². The molecule has 3 aromatic rings. The number of fused-ring (bicyclic) bond motifs is 1. The highest BCUT2D eigenvalue weighted by atomic mass is 16.5. The third-order valence-electron chi connectivity index (χ3n) is 4.44. The molecular formula is C19H20N6O3. The SMILES string of the molecule is CNc1cc(Nc2cccc(C(=O)OC)c2)nc2c(C(=O)NC3CC3)cnn12. The molecule has 0 spiro atoms. The first kappa shape index (κ1) is 17.8. The Morgan fingerprint density at radius 3 is 2.79 bits per heavy atom. The van der Waals surface area contributed by atoms with E-state index in [0.717, 1.165) is 12.8 Å². The number of nitrogens with zero attached hydrogens (tertiary/aromatic N) is 3. The van der Waals surface area contributed by atoms with Crippen LogP contribution in [-0.2, 0) is 4.74 Å². The maximum Gasteiger partial charge on any atom is 0.337 e. The molecule has 9 heteroatoms. The summed E-state index contributed by atoms with van der Waals surface area (Å²) in [5.41, 5.74) is 1.95. The number of hydrogen-bond acceptors (Lipinski definition) is 7. The molecule has 144 valence electrons. The first-order valence-electron chi connectivity index (χ1n) is 8.92. The van der Waals surface area contributed by atoms with Crippen molar-refractivity contribution in [3.05, 3.63) is 47.7 Å². The molecule has 2 aromatic heterocycles. The molecule has 1 saturated carbocycles. The van der Waals surface area contributed by atoms with Crippen LogP contribution >= 0.6 is 0 Å². The van der Waals surface area contributed by atoms with E-state index in [1.165, 1.54) is 13.3 Å². The Morgan fingerprint density at radius 2 is 2.07 bits per heavy atom. The minimum Gasteiger partial charge on any atom is -0.465 e. The van der Waals surface area contributed by atoms with Gasteiger partial charge < -0.3 is 20.7 Å². The van der Waals surface area contributed by atoms with Crippen LogP contribution in [0, 0.1) is 0 Å². The van der Waals surface area contributed by atoms with Crippen LogP contribution in [0.5, 0.6) is 0 Å². The fraction of sp³-hybridized carbons (Fsp3) is 0.263. The van der Waals surface area contributed by atoms with Crippen LogP contribution in [0.15, 0.2) is 36.5 Å². The molecule has 0 bridgehead atoms. The van der Waals surface area contributed by atoms with Gasteiger partial charge in [-0.25, -0.2) is 9.78 Å². The van der Waals surface area contributed by atoms with Gasteiger partial charge in [0.2, 0.25) is 0 Å². The molecule has 9 nitrogen and oxygen atoms in total. The topological polar surface area (TPSA) is 110 Å². The molecular weight excluding hydrogens is 360 g/mol. The van der Waals surface area contributed by atoms with Crippen LogP contribution in [0.25, 0.3) is 5.65 Å². The van der Waals surface area contributed by atoms with Gasteiger partial charge in [0.25, 0.3) is 5.91 Å². The third-order valence-corrected chi connectivity index (χ3v) is 4.44. The lowest BCUT2D eigenvalue weighted by Gasteiger charge is -2.11. The number of benzene rings is 1. The monoisotopic (exact) mass is 380 g/mol. The van der Waals surface area contributed by atoms with E-state index in [0.29, 0.717) is 34.1 Å². The highest BCUT2D eigenvalue weighted by molar-refractivity contribution is 6.00. The van der Waals surface area contributed by atoms with E-state index < -0.39 is 5.97 Å². The summed E-state index contributed by atoms with van der Waals surface area (Å²) in [6.07, 6.45) is 3.52. The van der Waals surface area contributed by atoms with E-state index in [9.17, 15) is 9.59 Å². The van der Waals surface area contributed by atoms with Crippen LogP contribution in [-0.4, -0.2) is 46.7 Å². The van der Waals surface area contributed by atoms with Crippen molar-refractivity contribution in [2.75, 3.05) is 24.8 Å². The second kappa shape index (κ2) is 7.18. The molecule has 28 heavy (non-hydrogen) atoms. The summed E-state index contributed by atoms with van der Waals surface area (Å²) in [5, 5.41) is 13.5. The van der Waals surface area contributed by atoms with E-state index >= 15 is 0 Å². The van der Waals surface area contributed by atoms with Gasteiger partial charge in [0, 0.05) is 24.8 Å². The van der Waals surface area contributed by atoms with Crippen LogP contribution in [0.3, 0.4) is 0 Å². The summed E-state index contributed by atoms with van der Waals surface area (Å²) >= 11 is 0. The predicted octanol–water partition coefficient (Wildman–Crippen LogP) is 2.19. The number of amides is 1. The largest absolute Gasteiger partial charge is 0.465 e. The minimum atomic E-state index is -0.419. The number of esters is 1. The van der Waals surface area contributed by atoms with Crippen molar-refractivity contribution >= 4 is 34.8 Å². The maximum absolute atomic E-state index is 12.5. The second-order valence-corrected chi connectivity index (χ2v) is 6.52. The third kappa shape index (κ3) is 3.46. The fourth-order valence-electron chi connectivity index (χ4n) is 2.85. The maximum atomic E-state index is 12.5. The van der Waals surface area contributed by atoms with E-state index in [4.69, 9.17) is 4.74 Å². The number of ether oxygens (including phenoxy) is 1. The van der Waals surface area contributed by atoms with Crippen LogP contribution < -0.4 is 16.0 Å². The summed E-state index contributed by atoms with van der Waals surface area (Å²) in [6.45, 7) is 0. The van der Waals surface area contributed by atoms with Gasteiger partial charge in [0.05, 0.1) is 18.9 Å². The van der Waals surface area contributed by atoms with Gasteiger partial charge in [0.15, 0.2) is 5.65 Å². The number of carbonyl (C=O) groups is 2. The number of methoxy groups -OCH3 is 1. The Kier molecular flexibility index (Phi) is 4.56. The Morgan fingerprint density at radius 1 is 1.25 bits per heavy atom. The van der Waals surface area contributed by atoms with Gasteiger partial charge in [-0.2, -0.15) is 9.61 Å². The normalized spacial score (nSPS) is 13.2. The van der Waals surface area contributed by atoms with E-state index in [2.05, 4.69) is 26.0 Å². The van der Waals surface area contributed by atoms with Gasteiger partial charge in [0.1, 0.15) is 17.2 Å². The zero-order valence-corrected chi connectivity index (χ0v) is 15.5. The molecule has 1 aliphatic carbocycles. The molecule has 4 rings (SSSR count). The van der Waals surface area contributed by atoms with Crippen molar-refractivity contribution < 1.29 is 14.3 Å². The number of nitrogens with one attached hydrogen (secondary N) is 3. The van der Waals surface area contributed by atoms with Crippen molar-refractivity contribution in [3.63, 3.8) is 0 Å². The summed E-state index contributed by atoms with van der Waals surface area (Å²) in [6, 6.07) is 8.92. The molecule has 1 aromatic carbocycles. The zero-order valence-electron chi connectivity index (χ0n) is 15.5. The molecule has 1 fully saturated rings. The molecule has 0 atom stereocenters. The molecule has 0 unspecified atom stereocenters. The van der Waals surface area contributed by atoms with Gasteiger partial charge in [-0.05, 0) is 31.0 Å². The summed E-state index contributed by atoms with van der Waals surface area (Å²) in [7, 11) is 3.10. The Balaban J connectivity index is 1.69. The van der Waals surface area contributed by atoms with E-state index in [-0.39, 0.29) is 11.9 Å². The lowest BCUT2D eigenvalue weighted by molar-refractivity contribution is 0.0600. The summed E-state index contributed by atoms with van der Waals surface area (Å²) in [5.74, 6) is 0.580. The summed E-state index contributed by atoms with van der Waals surface area (Å²) < 4.78 is 6.34. The highest BCUT2D eigenvalue weighted by Crippen LogP contribution is 2.24. The second-order valence-electron chi connectivity index (χ2n) is 6.52. The standard InChI is InChI=1S/C19H20N6O3/c1-20-16-9-15(22-13-5-3-4-11(8-13)19(27)28-2)24-17-14(10-21-25(16)17)18(26)23-12-6-7-12/h3-5,8-10,12,20H,6-7H2,1-2H3,(H,22,24)(H,23,26). The number of carbonyl (C=O) groups excluding carboxylic acids is 2. The zero-order chi connectivity index (χ0) is 19.7. The molecule has 1 amide bonds. The number of anilines is 3. The highest BCUT2D eigenvalue weighted by Gasteiger charge is 2.26. The average Bonchev–Trinajstić information content (AvgIpc) is 3.42. The van der Waals surface area contributed by atoms with Gasteiger partial charge in [-0.15, -0.1) is 0 Å². The lowest BCUT2D eigenvalue weighted by atomic mass is 10.2. The smallest absolute Gasteiger partial charge is 0.337 e. The molecule has 0 saturated heterocycles. The fourth-order valence-corrected chi connectivity index (χ4v) is 2.85. The molecule has 3 N–H and O–H groups in total. The van der Waals surface area contributed by atoms with Crippen molar-refractivity contribution in [2.45, 2.75) is 18.9 Å².